The van der Waals surface area contributed by atoms with E-state index in [4.69, 9.17) is 0 Å². The average molecular weight is 904 g/mol. The standard InChI is InChI=1S/C62H114N2O/c1-6-9-12-15-18-21-24-27-30-33-35-38-41-44-47-51-56-61(57-52-48-45-42-39-36-34-31-28-25-22-19-16-13-10-7-2)64(60-55-50-54-59-63(4)5)62(65)58-53-49-46-43-40-37-32-29-26-23-20-17-14-11-8-3/h18-23,27-32,61H,6-17,24-26,33-60H2,1-5H3/b21-18-,22-19-,23-20-,30-27-,31-28-,32-29-. The summed E-state index contributed by atoms with van der Waals surface area (Å²) in [6, 6.07) is 0.422. The van der Waals surface area contributed by atoms with Gasteiger partial charge in [0.25, 0.3) is 0 Å². The lowest BCUT2D eigenvalue weighted by atomic mass is 9.97. The van der Waals surface area contributed by atoms with Gasteiger partial charge in [-0.25, -0.2) is 0 Å². The van der Waals surface area contributed by atoms with E-state index in [9.17, 15) is 4.79 Å². The summed E-state index contributed by atoms with van der Waals surface area (Å²) in [7, 11) is 4.36. The van der Waals surface area contributed by atoms with Gasteiger partial charge in [-0.1, -0.05) is 222 Å². The highest BCUT2D eigenvalue weighted by Crippen LogP contribution is 2.22. The molecule has 0 spiro atoms. The van der Waals surface area contributed by atoms with Gasteiger partial charge < -0.3 is 9.80 Å². The van der Waals surface area contributed by atoms with Crippen LogP contribution in [0, 0.1) is 0 Å². The van der Waals surface area contributed by atoms with Gasteiger partial charge in [-0.2, -0.15) is 0 Å². The first-order valence-corrected chi connectivity index (χ1v) is 28.9. The predicted octanol–water partition coefficient (Wildman–Crippen LogP) is 20.1. The Morgan fingerprint density at radius 1 is 0.338 bits per heavy atom. The van der Waals surface area contributed by atoms with Crippen LogP contribution in [0.4, 0.5) is 0 Å². The van der Waals surface area contributed by atoms with Gasteiger partial charge in [-0.05, 0) is 149 Å². The van der Waals surface area contributed by atoms with Crippen molar-refractivity contribution in [2.75, 3.05) is 27.2 Å². The molecule has 0 heterocycles. The van der Waals surface area contributed by atoms with Gasteiger partial charge in [0.1, 0.15) is 0 Å². The third-order valence-corrected chi connectivity index (χ3v) is 13.1. The zero-order valence-electron chi connectivity index (χ0n) is 44.7. The Labute approximate surface area is 409 Å². The second kappa shape index (κ2) is 54.5. The second-order valence-corrected chi connectivity index (χ2v) is 19.8. The molecule has 3 heteroatoms. The van der Waals surface area contributed by atoms with Crippen molar-refractivity contribution in [1.82, 2.24) is 9.80 Å². The zero-order chi connectivity index (χ0) is 47.2. The van der Waals surface area contributed by atoms with Gasteiger partial charge in [-0.3, -0.25) is 4.79 Å². The maximum absolute atomic E-state index is 14.1. The van der Waals surface area contributed by atoms with Crippen molar-refractivity contribution >= 4 is 5.91 Å². The summed E-state index contributed by atoms with van der Waals surface area (Å²) < 4.78 is 0. The van der Waals surface area contributed by atoms with Crippen molar-refractivity contribution in [2.24, 2.45) is 0 Å². The smallest absolute Gasteiger partial charge is 0.222 e. The van der Waals surface area contributed by atoms with Crippen LogP contribution in [-0.4, -0.2) is 48.9 Å². The van der Waals surface area contributed by atoms with E-state index < -0.39 is 0 Å². The van der Waals surface area contributed by atoms with Crippen LogP contribution in [0.2, 0.25) is 0 Å². The normalized spacial score (nSPS) is 12.5. The van der Waals surface area contributed by atoms with Crippen molar-refractivity contribution < 1.29 is 4.79 Å². The molecule has 0 radical (unpaired) electrons. The molecule has 0 aromatic rings. The summed E-state index contributed by atoms with van der Waals surface area (Å²) in [5.41, 5.74) is 0. The Bertz CT molecular complexity index is 1080. The summed E-state index contributed by atoms with van der Waals surface area (Å²) in [6.45, 7) is 8.92. The van der Waals surface area contributed by atoms with E-state index in [1.807, 2.05) is 0 Å². The molecule has 3 nitrogen and oxygen atoms in total. The maximum atomic E-state index is 14.1. The van der Waals surface area contributed by atoms with Crippen molar-refractivity contribution in [2.45, 2.75) is 290 Å². The molecular weight excluding hydrogens is 789 g/mol. The molecule has 0 aromatic heterocycles. The van der Waals surface area contributed by atoms with Crippen molar-refractivity contribution in [3.05, 3.63) is 72.9 Å². The summed E-state index contributed by atoms with van der Waals surface area (Å²) >= 11 is 0. The van der Waals surface area contributed by atoms with Crippen LogP contribution < -0.4 is 0 Å². The molecule has 0 rings (SSSR count). The lowest BCUT2D eigenvalue weighted by Gasteiger charge is -2.33. The maximum Gasteiger partial charge on any atom is 0.222 e. The Balaban J connectivity index is 4.99. The highest BCUT2D eigenvalue weighted by atomic mass is 16.2. The summed E-state index contributed by atoms with van der Waals surface area (Å²) in [4.78, 5) is 18.8. The van der Waals surface area contributed by atoms with Crippen molar-refractivity contribution in [3.8, 4) is 0 Å². The zero-order valence-corrected chi connectivity index (χ0v) is 44.7. The molecule has 0 saturated heterocycles. The lowest BCUT2D eigenvalue weighted by molar-refractivity contribution is -0.134. The van der Waals surface area contributed by atoms with Gasteiger partial charge >= 0.3 is 0 Å². The van der Waals surface area contributed by atoms with E-state index in [1.165, 1.54) is 225 Å². The van der Waals surface area contributed by atoms with Crippen LogP contribution in [0.5, 0.6) is 0 Å². The first-order chi connectivity index (χ1) is 32.1. The number of allylic oxidation sites excluding steroid dienone is 12. The fourth-order valence-electron chi connectivity index (χ4n) is 8.82. The number of amides is 1. The molecule has 1 amide bonds. The monoisotopic (exact) mass is 903 g/mol. The first-order valence-electron chi connectivity index (χ1n) is 28.9. The van der Waals surface area contributed by atoms with Crippen LogP contribution in [0.3, 0.4) is 0 Å². The number of unbranched alkanes of at least 4 members (excludes halogenated alkanes) is 28. The minimum Gasteiger partial charge on any atom is -0.340 e. The summed E-state index contributed by atoms with van der Waals surface area (Å²) in [5.74, 6) is 0.452. The predicted molar refractivity (Wildman–Crippen MR) is 295 cm³/mol. The molecule has 0 bridgehead atoms. The highest BCUT2D eigenvalue weighted by molar-refractivity contribution is 5.76. The SMILES string of the molecule is CCCCC/C=C\C/C=C\CCCCCCCCC(CCCCCCCC/C=C\C/C=C\CCCCC)N(CCCCCN(C)C)C(=O)CCCCCCC/C=C\C/C=C\CCCCC. The van der Waals surface area contributed by atoms with Gasteiger partial charge in [0, 0.05) is 19.0 Å². The first kappa shape index (κ1) is 62.9. The van der Waals surface area contributed by atoms with E-state index in [0.717, 1.165) is 51.6 Å². The Hall–Kier alpha value is -2.13. The molecule has 0 saturated carbocycles. The summed E-state index contributed by atoms with van der Waals surface area (Å²) in [6.07, 6.45) is 79.5. The van der Waals surface area contributed by atoms with Gasteiger partial charge in [0.15, 0.2) is 0 Å². The Kier molecular flexibility index (Phi) is 52.7. The van der Waals surface area contributed by atoms with E-state index in [0.29, 0.717) is 11.9 Å². The van der Waals surface area contributed by atoms with Crippen molar-refractivity contribution in [1.29, 1.82) is 0 Å². The second-order valence-electron chi connectivity index (χ2n) is 19.8. The van der Waals surface area contributed by atoms with Crippen LogP contribution in [0.15, 0.2) is 72.9 Å². The molecule has 0 unspecified atom stereocenters. The van der Waals surface area contributed by atoms with Gasteiger partial charge in [-0.15, -0.1) is 0 Å². The number of nitrogens with zero attached hydrogens (tertiary/aromatic N) is 2. The number of rotatable bonds is 51. The minimum atomic E-state index is 0.422. The minimum absolute atomic E-state index is 0.422. The molecule has 0 fully saturated rings. The summed E-state index contributed by atoms with van der Waals surface area (Å²) in [5, 5.41) is 0. The third kappa shape index (κ3) is 49.6. The fourth-order valence-corrected chi connectivity index (χ4v) is 8.82. The van der Waals surface area contributed by atoms with E-state index in [2.05, 4.69) is 118 Å². The molecule has 0 aliphatic rings. The van der Waals surface area contributed by atoms with Crippen LogP contribution in [0.1, 0.15) is 284 Å². The number of carbonyl (C=O) groups is 1. The number of hydrogen-bond donors (Lipinski definition) is 0. The van der Waals surface area contributed by atoms with Crippen LogP contribution in [-0.2, 0) is 4.79 Å². The molecular formula is C62H114N2O. The molecule has 378 valence electrons. The fraction of sp³-hybridized carbons (Fsp3) is 0.790. The topological polar surface area (TPSA) is 23.6 Å². The highest BCUT2D eigenvalue weighted by Gasteiger charge is 2.22. The van der Waals surface area contributed by atoms with Gasteiger partial charge in [0.2, 0.25) is 5.91 Å². The average Bonchev–Trinajstić information content (AvgIpc) is 3.30. The quantitative estimate of drug-likeness (QED) is 0.0449. The van der Waals surface area contributed by atoms with Gasteiger partial charge in [0.05, 0.1) is 0 Å². The molecule has 0 aromatic carbocycles. The van der Waals surface area contributed by atoms with Crippen molar-refractivity contribution in [3.63, 3.8) is 0 Å². The van der Waals surface area contributed by atoms with E-state index in [1.54, 1.807) is 0 Å². The Morgan fingerprint density at radius 3 is 0.985 bits per heavy atom. The molecule has 65 heavy (non-hydrogen) atoms. The number of hydrogen-bond acceptors (Lipinski definition) is 2. The Morgan fingerprint density at radius 2 is 0.631 bits per heavy atom. The van der Waals surface area contributed by atoms with Crippen LogP contribution in [0.25, 0.3) is 0 Å². The lowest BCUT2D eigenvalue weighted by Crippen LogP contribution is -2.41. The van der Waals surface area contributed by atoms with Crippen LogP contribution >= 0.6 is 0 Å². The third-order valence-electron chi connectivity index (χ3n) is 13.1. The largest absolute Gasteiger partial charge is 0.340 e. The van der Waals surface area contributed by atoms with E-state index >= 15 is 0 Å². The van der Waals surface area contributed by atoms with E-state index in [-0.39, 0.29) is 0 Å². The molecule has 0 aliphatic carbocycles. The number of carbonyl (C=O) groups excluding carboxylic acids is 1. The molecule has 0 aliphatic heterocycles. The molecule has 0 atom stereocenters. The molecule has 0 N–H and O–H groups in total.